The first-order chi connectivity index (χ1) is 16.6. The van der Waals surface area contributed by atoms with Crippen LogP contribution >= 0.6 is 11.8 Å². The predicted octanol–water partition coefficient (Wildman–Crippen LogP) is 4.58. The summed E-state index contributed by atoms with van der Waals surface area (Å²) in [5, 5.41) is 2.96. The number of nitrogens with zero attached hydrogens (tertiary/aromatic N) is 2. The Kier molecular flexibility index (Phi) is 7.59. The Hall–Kier alpha value is -2.36. The van der Waals surface area contributed by atoms with Gasteiger partial charge < -0.3 is 10.2 Å². The lowest BCUT2D eigenvalue weighted by atomic mass is 10.0. The maximum atomic E-state index is 13.4. The van der Waals surface area contributed by atoms with Crippen LogP contribution < -0.4 is 10.2 Å². The second-order valence-corrected chi connectivity index (χ2v) is 13.1. The zero-order valence-electron chi connectivity index (χ0n) is 20.7. The highest BCUT2D eigenvalue weighted by Gasteiger charge is 2.32. The van der Waals surface area contributed by atoms with Gasteiger partial charge in [0.25, 0.3) is 0 Å². The van der Waals surface area contributed by atoms with Gasteiger partial charge in [-0.25, -0.2) is 8.42 Å². The lowest BCUT2D eigenvalue weighted by Gasteiger charge is -2.30. The van der Waals surface area contributed by atoms with E-state index in [1.807, 2.05) is 39.0 Å². The van der Waals surface area contributed by atoms with E-state index in [0.29, 0.717) is 24.7 Å². The molecule has 2 amide bonds. The first-order valence-electron chi connectivity index (χ1n) is 12.0. The largest absolute Gasteiger partial charge is 0.324 e. The normalized spacial score (nSPS) is 19.8. The second kappa shape index (κ2) is 10.3. The number of carbonyl (C=O) groups is 2. The monoisotopic (exact) mass is 515 g/mol. The van der Waals surface area contributed by atoms with Crippen molar-refractivity contribution in [3.8, 4) is 0 Å². The number of amides is 2. The molecule has 0 radical (unpaired) electrons. The molecule has 2 aromatic rings. The molecule has 35 heavy (non-hydrogen) atoms. The van der Waals surface area contributed by atoms with Crippen LogP contribution in [-0.2, 0) is 19.6 Å². The molecule has 1 fully saturated rings. The van der Waals surface area contributed by atoms with E-state index < -0.39 is 10.0 Å². The molecule has 0 aromatic heterocycles. The summed E-state index contributed by atoms with van der Waals surface area (Å²) in [6.07, 6.45) is 1.93. The van der Waals surface area contributed by atoms with Crippen LogP contribution in [0.2, 0.25) is 0 Å². The molecule has 9 heteroatoms. The lowest BCUT2D eigenvalue weighted by Crippen LogP contribution is -2.39. The molecule has 7 nitrogen and oxygen atoms in total. The molecule has 2 aliphatic rings. The van der Waals surface area contributed by atoms with E-state index in [2.05, 4.69) is 12.2 Å². The number of hydrogen-bond acceptors (Lipinski definition) is 5. The first kappa shape index (κ1) is 25.7. The standard InChI is InChI=1S/C26H33N3O4S2/c1-17-10-12-28(13-11-17)35(32,33)21-8-9-23-22(15-21)29(25(31)14-20(4)34-23)16-24(30)27-26-18(2)6-5-7-19(26)3/h5-9,15,17,20H,10-14,16H2,1-4H3,(H,27,30). The van der Waals surface area contributed by atoms with Gasteiger partial charge >= 0.3 is 0 Å². The third kappa shape index (κ3) is 5.57. The number of fused-ring (bicyclic) bond motifs is 1. The summed E-state index contributed by atoms with van der Waals surface area (Å²) in [4.78, 5) is 28.6. The Morgan fingerprint density at radius 3 is 2.40 bits per heavy atom. The molecule has 2 heterocycles. The average molecular weight is 516 g/mol. The van der Waals surface area contributed by atoms with Gasteiger partial charge in [0.1, 0.15) is 6.54 Å². The van der Waals surface area contributed by atoms with Gasteiger partial charge in [0.05, 0.1) is 10.6 Å². The lowest BCUT2D eigenvalue weighted by molar-refractivity contribution is -0.121. The van der Waals surface area contributed by atoms with Crippen LogP contribution in [0.15, 0.2) is 46.2 Å². The topological polar surface area (TPSA) is 86.8 Å². The van der Waals surface area contributed by atoms with Crippen LogP contribution in [-0.4, -0.2) is 49.4 Å². The Balaban J connectivity index is 1.65. The number of rotatable bonds is 5. The molecule has 2 aromatic carbocycles. The Bertz CT molecular complexity index is 1220. The summed E-state index contributed by atoms with van der Waals surface area (Å²) in [5.74, 6) is -0.00354. The van der Waals surface area contributed by atoms with E-state index in [-0.39, 0.29) is 34.9 Å². The number of aryl methyl sites for hydroxylation is 2. The van der Waals surface area contributed by atoms with Gasteiger partial charge in [-0.05, 0) is 61.9 Å². The molecule has 0 saturated carbocycles. The van der Waals surface area contributed by atoms with Gasteiger partial charge in [-0.2, -0.15) is 4.31 Å². The molecule has 4 rings (SSSR count). The number of para-hydroxylation sites is 1. The Labute approximate surface area is 212 Å². The van der Waals surface area contributed by atoms with Crippen molar-refractivity contribution in [2.75, 3.05) is 29.9 Å². The van der Waals surface area contributed by atoms with E-state index in [1.54, 1.807) is 18.2 Å². The second-order valence-electron chi connectivity index (χ2n) is 9.64. The number of thioether (sulfide) groups is 1. The summed E-state index contributed by atoms with van der Waals surface area (Å²) < 4.78 is 28.3. The highest BCUT2D eigenvalue weighted by atomic mass is 32.2. The van der Waals surface area contributed by atoms with Crippen molar-refractivity contribution < 1.29 is 18.0 Å². The van der Waals surface area contributed by atoms with Gasteiger partial charge in [-0.1, -0.05) is 32.0 Å². The number of sulfonamides is 1. The minimum atomic E-state index is -3.69. The third-order valence-corrected chi connectivity index (χ3v) is 9.80. The van der Waals surface area contributed by atoms with Crippen molar-refractivity contribution in [1.29, 1.82) is 0 Å². The van der Waals surface area contributed by atoms with Gasteiger partial charge in [-0.3, -0.25) is 9.59 Å². The molecule has 0 aliphatic carbocycles. The van der Waals surface area contributed by atoms with Crippen LogP contribution in [0.4, 0.5) is 11.4 Å². The molecular weight excluding hydrogens is 482 g/mol. The average Bonchev–Trinajstić information content (AvgIpc) is 2.91. The van der Waals surface area contributed by atoms with Crippen LogP contribution in [0.25, 0.3) is 0 Å². The SMILES string of the molecule is Cc1cccc(C)c1NC(=O)CN1C(=O)CC(C)Sc2ccc(S(=O)(=O)N3CCC(C)CC3)cc21. The van der Waals surface area contributed by atoms with E-state index in [1.165, 1.54) is 21.0 Å². The molecule has 2 aliphatic heterocycles. The molecule has 1 N–H and O–H groups in total. The minimum absolute atomic E-state index is 0.0129. The van der Waals surface area contributed by atoms with Crippen molar-refractivity contribution in [3.63, 3.8) is 0 Å². The number of anilines is 2. The van der Waals surface area contributed by atoms with E-state index >= 15 is 0 Å². The predicted molar refractivity (Wildman–Crippen MR) is 140 cm³/mol. The van der Waals surface area contributed by atoms with Crippen LogP contribution in [0.3, 0.4) is 0 Å². The molecular formula is C26H33N3O4S2. The van der Waals surface area contributed by atoms with Crippen molar-refractivity contribution >= 4 is 45.0 Å². The molecule has 0 bridgehead atoms. The van der Waals surface area contributed by atoms with Crippen LogP contribution in [0.5, 0.6) is 0 Å². The van der Waals surface area contributed by atoms with Crippen LogP contribution in [0.1, 0.15) is 44.2 Å². The fourth-order valence-corrected chi connectivity index (χ4v) is 7.19. The van der Waals surface area contributed by atoms with Crippen molar-refractivity contribution in [2.24, 2.45) is 5.92 Å². The maximum absolute atomic E-state index is 13.4. The Morgan fingerprint density at radius 1 is 1.09 bits per heavy atom. The molecule has 1 saturated heterocycles. The fraction of sp³-hybridized carbons (Fsp3) is 0.462. The van der Waals surface area contributed by atoms with Crippen LogP contribution in [0, 0.1) is 19.8 Å². The fourth-order valence-electron chi connectivity index (χ4n) is 4.60. The summed E-state index contributed by atoms with van der Waals surface area (Å²) in [5.41, 5.74) is 3.09. The maximum Gasteiger partial charge on any atom is 0.244 e. The number of carbonyl (C=O) groups excluding carboxylic acids is 2. The quantitative estimate of drug-likeness (QED) is 0.630. The third-order valence-electron chi connectivity index (χ3n) is 6.74. The van der Waals surface area contributed by atoms with Gasteiger partial charge in [-0.15, -0.1) is 11.8 Å². The Morgan fingerprint density at radius 2 is 1.74 bits per heavy atom. The number of hydrogen-bond donors (Lipinski definition) is 1. The molecule has 0 spiro atoms. The number of piperidine rings is 1. The molecule has 188 valence electrons. The highest BCUT2D eigenvalue weighted by Crippen LogP contribution is 2.40. The van der Waals surface area contributed by atoms with Crippen molar-refractivity contribution in [3.05, 3.63) is 47.5 Å². The molecule has 1 atom stereocenters. The number of benzene rings is 2. The first-order valence-corrected chi connectivity index (χ1v) is 14.4. The molecule has 1 unspecified atom stereocenters. The number of nitrogens with one attached hydrogen (secondary N) is 1. The van der Waals surface area contributed by atoms with E-state index in [4.69, 9.17) is 0 Å². The highest BCUT2D eigenvalue weighted by molar-refractivity contribution is 8.00. The summed E-state index contributed by atoms with van der Waals surface area (Å²) >= 11 is 1.53. The summed E-state index contributed by atoms with van der Waals surface area (Å²) in [6.45, 7) is 8.75. The van der Waals surface area contributed by atoms with Crippen molar-refractivity contribution in [2.45, 2.75) is 62.0 Å². The van der Waals surface area contributed by atoms with Gasteiger partial charge in [0, 0.05) is 35.3 Å². The minimum Gasteiger partial charge on any atom is -0.324 e. The van der Waals surface area contributed by atoms with Gasteiger partial charge in [0.15, 0.2) is 0 Å². The van der Waals surface area contributed by atoms with Crippen molar-refractivity contribution in [1.82, 2.24) is 4.31 Å². The smallest absolute Gasteiger partial charge is 0.244 e. The summed E-state index contributed by atoms with van der Waals surface area (Å²) in [7, 11) is -3.69. The zero-order valence-corrected chi connectivity index (χ0v) is 22.3. The van der Waals surface area contributed by atoms with E-state index in [0.717, 1.165) is 34.6 Å². The van der Waals surface area contributed by atoms with Gasteiger partial charge in [0.2, 0.25) is 21.8 Å². The van der Waals surface area contributed by atoms with E-state index in [9.17, 15) is 18.0 Å². The zero-order chi connectivity index (χ0) is 25.3. The summed E-state index contributed by atoms with van der Waals surface area (Å²) in [6, 6.07) is 10.7.